The maximum Gasteiger partial charge on any atom is 0.234 e. The van der Waals surface area contributed by atoms with Gasteiger partial charge in [-0.1, -0.05) is 27.2 Å². The molecule has 68 valence electrons. The van der Waals surface area contributed by atoms with Crippen LogP contribution < -0.4 is 0 Å². The minimum atomic E-state index is -1.79. The Morgan fingerprint density at radius 1 is 1.55 bits per heavy atom. The van der Waals surface area contributed by atoms with Gasteiger partial charge in [-0.3, -0.25) is 4.55 Å². The van der Waals surface area contributed by atoms with Crippen LogP contribution in [0, 0.1) is 5.92 Å². The molecular formula is C7H17NO2S. The fourth-order valence-electron chi connectivity index (χ4n) is 0.780. The quantitative estimate of drug-likeness (QED) is 0.650. The Bertz CT molecular complexity index is 130. The van der Waals surface area contributed by atoms with E-state index in [1.165, 1.54) is 0 Å². The summed E-state index contributed by atoms with van der Waals surface area (Å²) in [6, 6.07) is 0. The number of hydrogen-bond acceptors (Lipinski definition) is 1. The van der Waals surface area contributed by atoms with E-state index in [4.69, 9.17) is 4.55 Å². The monoisotopic (exact) mass is 179 g/mol. The van der Waals surface area contributed by atoms with Gasteiger partial charge in [0, 0.05) is 13.1 Å². The van der Waals surface area contributed by atoms with Gasteiger partial charge in [0.2, 0.25) is 11.3 Å². The zero-order valence-electron chi connectivity index (χ0n) is 7.41. The molecule has 0 aliphatic heterocycles. The molecule has 0 aliphatic rings. The molecule has 0 aromatic rings. The zero-order chi connectivity index (χ0) is 8.85. The van der Waals surface area contributed by atoms with Crippen molar-refractivity contribution in [2.24, 2.45) is 5.92 Å². The Kier molecular flexibility index (Phi) is 5.72. The van der Waals surface area contributed by atoms with E-state index in [0.717, 1.165) is 6.42 Å². The molecule has 0 spiro atoms. The zero-order valence-corrected chi connectivity index (χ0v) is 8.23. The van der Waals surface area contributed by atoms with Crippen LogP contribution in [0.5, 0.6) is 0 Å². The van der Waals surface area contributed by atoms with Crippen LogP contribution >= 0.6 is 0 Å². The van der Waals surface area contributed by atoms with Crippen molar-refractivity contribution < 1.29 is 8.76 Å². The van der Waals surface area contributed by atoms with Gasteiger partial charge in [0.1, 0.15) is 0 Å². The van der Waals surface area contributed by atoms with E-state index in [9.17, 15) is 4.21 Å². The Hall–Kier alpha value is 0.0700. The van der Waals surface area contributed by atoms with Gasteiger partial charge in [-0.2, -0.15) is 0 Å². The highest BCUT2D eigenvalue weighted by Gasteiger charge is 2.10. The molecule has 0 fully saturated rings. The normalized spacial score (nSPS) is 16.8. The van der Waals surface area contributed by atoms with Crippen LogP contribution in [0.1, 0.15) is 27.2 Å². The molecule has 0 bridgehead atoms. The van der Waals surface area contributed by atoms with E-state index < -0.39 is 11.3 Å². The maximum atomic E-state index is 10.6. The molecule has 0 heterocycles. The van der Waals surface area contributed by atoms with Gasteiger partial charge in [-0.25, -0.2) is 8.51 Å². The van der Waals surface area contributed by atoms with E-state index in [1.807, 2.05) is 6.92 Å². The fraction of sp³-hybridized carbons (Fsp3) is 1.00. The van der Waals surface area contributed by atoms with Crippen LogP contribution in [0.3, 0.4) is 0 Å². The van der Waals surface area contributed by atoms with Crippen molar-refractivity contribution in [2.75, 3.05) is 13.1 Å². The van der Waals surface area contributed by atoms with Gasteiger partial charge < -0.3 is 0 Å². The number of hydrogen-bond donors (Lipinski definition) is 1. The van der Waals surface area contributed by atoms with Crippen LogP contribution in [0.4, 0.5) is 0 Å². The third kappa shape index (κ3) is 4.50. The molecule has 3 nitrogen and oxygen atoms in total. The van der Waals surface area contributed by atoms with Crippen molar-refractivity contribution in [3.8, 4) is 0 Å². The Morgan fingerprint density at radius 2 is 2.09 bits per heavy atom. The van der Waals surface area contributed by atoms with Crippen molar-refractivity contribution in [2.45, 2.75) is 27.2 Å². The topological polar surface area (TPSA) is 40.5 Å². The maximum absolute atomic E-state index is 10.6. The molecule has 0 aromatic heterocycles. The molecule has 0 saturated carbocycles. The summed E-state index contributed by atoms with van der Waals surface area (Å²) < 4.78 is 20.9. The third-order valence-electron chi connectivity index (χ3n) is 1.79. The second kappa shape index (κ2) is 5.69. The van der Waals surface area contributed by atoms with Crippen LogP contribution in [0.15, 0.2) is 0 Å². The van der Waals surface area contributed by atoms with Crippen molar-refractivity contribution in [1.82, 2.24) is 4.31 Å². The van der Waals surface area contributed by atoms with Crippen molar-refractivity contribution in [3.63, 3.8) is 0 Å². The Labute approximate surface area is 71.2 Å². The molecular weight excluding hydrogens is 162 g/mol. The summed E-state index contributed by atoms with van der Waals surface area (Å²) in [6.45, 7) is 7.38. The first-order valence-electron chi connectivity index (χ1n) is 3.97. The highest BCUT2D eigenvalue weighted by atomic mass is 32.2. The lowest BCUT2D eigenvalue weighted by molar-refractivity contribution is 0.353. The number of nitrogens with zero attached hydrogens (tertiary/aromatic N) is 1. The second-order valence-corrected chi connectivity index (χ2v) is 3.70. The van der Waals surface area contributed by atoms with Gasteiger partial charge in [0.05, 0.1) is 0 Å². The molecule has 2 unspecified atom stereocenters. The van der Waals surface area contributed by atoms with Crippen LogP contribution in [-0.2, 0) is 11.3 Å². The first-order chi connectivity index (χ1) is 5.11. The first kappa shape index (κ1) is 11.1. The molecule has 4 heteroatoms. The van der Waals surface area contributed by atoms with Crippen molar-refractivity contribution in [1.29, 1.82) is 0 Å². The lowest BCUT2D eigenvalue weighted by Gasteiger charge is -2.18. The summed E-state index contributed by atoms with van der Waals surface area (Å²) in [5.41, 5.74) is 0. The molecule has 0 radical (unpaired) electrons. The van der Waals surface area contributed by atoms with E-state index in [0.29, 0.717) is 19.0 Å². The van der Waals surface area contributed by atoms with E-state index in [-0.39, 0.29) is 0 Å². The van der Waals surface area contributed by atoms with Crippen LogP contribution in [0.25, 0.3) is 0 Å². The van der Waals surface area contributed by atoms with E-state index in [2.05, 4.69) is 13.8 Å². The molecule has 0 rings (SSSR count). The predicted octanol–water partition coefficient (Wildman–Crippen LogP) is 1.49. The summed E-state index contributed by atoms with van der Waals surface area (Å²) in [7, 11) is 0. The third-order valence-corrected chi connectivity index (χ3v) is 2.63. The summed E-state index contributed by atoms with van der Waals surface area (Å²) in [4.78, 5) is 0. The van der Waals surface area contributed by atoms with Gasteiger partial charge in [0.25, 0.3) is 0 Å². The molecule has 1 N–H and O–H groups in total. The summed E-state index contributed by atoms with van der Waals surface area (Å²) in [6.07, 6.45) is 1.05. The molecule has 11 heavy (non-hydrogen) atoms. The lowest BCUT2D eigenvalue weighted by atomic mass is 10.1. The highest BCUT2D eigenvalue weighted by Crippen LogP contribution is 2.04. The van der Waals surface area contributed by atoms with Gasteiger partial charge in [0.15, 0.2) is 0 Å². The molecule has 0 aromatic carbocycles. The van der Waals surface area contributed by atoms with Gasteiger partial charge >= 0.3 is 0 Å². The smallest absolute Gasteiger partial charge is 0.234 e. The van der Waals surface area contributed by atoms with E-state index >= 15 is 0 Å². The minimum absolute atomic E-state index is 0.492. The van der Waals surface area contributed by atoms with E-state index in [1.54, 1.807) is 4.31 Å². The molecule has 0 saturated heterocycles. The summed E-state index contributed by atoms with van der Waals surface area (Å²) in [5.74, 6) is 0.492. The van der Waals surface area contributed by atoms with Crippen molar-refractivity contribution in [3.05, 3.63) is 0 Å². The largest absolute Gasteiger partial charge is 0.294 e. The molecule has 0 amide bonds. The molecule has 0 aliphatic carbocycles. The predicted molar refractivity (Wildman–Crippen MR) is 47.5 cm³/mol. The summed E-state index contributed by atoms with van der Waals surface area (Å²) in [5, 5.41) is 0. The second-order valence-electron chi connectivity index (χ2n) is 2.72. The van der Waals surface area contributed by atoms with Crippen molar-refractivity contribution >= 4 is 11.3 Å². The Balaban J connectivity index is 3.77. The SMILES string of the molecule is CCC(C)CN(CC)S(=O)O. The Morgan fingerprint density at radius 3 is 2.36 bits per heavy atom. The standard InChI is InChI=1S/C7H17NO2S/c1-4-7(3)6-8(5-2)11(9)10/h7H,4-6H2,1-3H3,(H,9,10). The minimum Gasteiger partial charge on any atom is -0.294 e. The van der Waals surface area contributed by atoms with Crippen LogP contribution in [0.2, 0.25) is 0 Å². The fourth-order valence-corrected chi connectivity index (χ4v) is 1.38. The number of rotatable bonds is 5. The first-order valence-corrected chi connectivity index (χ1v) is 5.04. The molecule has 2 atom stereocenters. The summed E-state index contributed by atoms with van der Waals surface area (Å²) >= 11 is -1.79. The lowest BCUT2D eigenvalue weighted by Crippen LogP contribution is -2.29. The highest BCUT2D eigenvalue weighted by molar-refractivity contribution is 7.76. The average Bonchev–Trinajstić information content (AvgIpc) is 1.99. The van der Waals surface area contributed by atoms with Gasteiger partial charge in [-0.05, 0) is 5.92 Å². The van der Waals surface area contributed by atoms with Crippen LogP contribution in [-0.4, -0.2) is 26.2 Å². The van der Waals surface area contributed by atoms with Gasteiger partial charge in [-0.15, -0.1) is 0 Å². The average molecular weight is 179 g/mol.